The molecule has 0 aliphatic rings. The van der Waals surface area contributed by atoms with E-state index in [1.165, 1.54) is 0 Å². The maximum atomic E-state index is 12.5. The van der Waals surface area contributed by atoms with Crippen LogP contribution in [0.1, 0.15) is 77.7 Å². The first kappa shape index (κ1) is 17.7. The second-order valence-corrected chi connectivity index (χ2v) is 8.93. The van der Waals surface area contributed by atoms with Gasteiger partial charge in [0.05, 0.1) is 5.56 Å². The molecule has 0 heterocycles. The van der Waals surface area contributed by atoms with Crippen LogP contribution in [0.25, 0.3) is 0 Å². The number of rotatable bonds is 3. The lowest BCUT2D eigenvalue weighted by Gasteiger charge is -2.33. The van der Waals surface area contributed by atoms with E-state index in [1.54, 1.807) is 6.07 Å². The Kier molecular flexibility index (Phi) is 4.62. The zero-order valence-electron chi connectivity index (χ0n) is 14.8. The van der Waals surface area contributed by atoms with Crippen molar-refractivity contribution < 1.29 is 9.90 Å². The van der Waals surface area contributed by atoms with Gasteiger partial charge in [-0.05, 0) is 34.9 Å². The number of carbonyl (C=O) groups excluding carboxylic acids is 1. The highest BCUT2D eigenvalue weighted by atomic mass is 16.3. The molecule has 0 aliphatic carbocycles. The summed E-state index contributed by atoms with van der Waals surface area (Å²) < 4.78 is 0. The molecule has 21 heavy (non-hydrogen) atoms. The van der Waals surface area contributed by atoms with E-state index in [1.807, 2.05) is 32.9 Å². The minimum Gasteiger partial charge on any atom is -0.507 e. The standard InChI is InChI=1S/C19H30O2/c1-17(2,3)12-19(7,8)13-9-10-15(20)14(11-13)16(21)18(4,5)6/h9-11,20H,12H2,1-8H3. The van der Waals surface area contributed by atoms with Gasteiger partial charge < -0.3 is 5.11 Å². The van der Waals surface area contributed by atoms with E-state index in [-0.39, 0.29) is 22.4 Å². The minimum atomic E-state index is -0.496. The Morgan fingerprint density at radius 1 is 1.00 bits per heavy atom. The van der Waals surface area contributed by atoms with Gasteiger partial charge in [-0.1, -0.05) is 61.5 Å². The predicted molar refractivity (Wildman–Crippen MR) is 89.0 cm³/mol. The van der Waals surface area contributed by atoms with Crippen molar-refractivity contribution in [2.24, 2.45) is 10.8 Å². The lowest BCUT2D eigenvalue weighted by molar-refractivity contribution is 0.0855. The third-order valence-electron chi connectivity index (χ3n) is 3.68. The number of ketones is 1. The second-order valence-electron chi connectivity index (χ2n) is 8.93. The van der Waals surface area contributed by atoms with E-state index in [4.69, 9.17) is 0 Å². The van der Waals surface area contributed by atoms with Gasteiger partial charge in [0, 0.05) is 5.41 Å². The number of phenolic OH excluding ortho intramolecular Hbond substituents is 1. The fourth-order valence-electron chi connectivity index (χ4n) is 2.97. The van der Waals surface area contributed by atoms with E-state index < -0.39 is 5.41 Å². The molecule has 0 amide bonds. The number of benzene rings is 1. The lowest BCUT2D eigenvalue weighted by Crippen LogP contribution is -2.26. The molecular weight excluding hydrogens is 260 g/mol. The molecule has 1 N–H and O–H groups in total. The monoisotopic (exact) mass is 290 g/mol. The van der Waals surface area contributed by atoms with Crippen LogP contribution in [0.15, 0.2) is 18.2 Å². The first-order valence-electron chi connectivity index (χ1n) is 7.62. The molecule has 0 radical (unpaired) electrons. The zero-order valence-corrected chi connectivity index (χ0v) is 14.8. The van der Waals surface area contributed by atoms with Gasteiger partial charge in [-0.15, -0.1) is 0 Å². The van der Waals surface area contributed by atoms with Crippen LogP contribution in [0.4, 0.5) is 0 Å². The van der Waals surface area contributed by atoms with Crippen molar-refractivity contribution in [2.45, 2.75) is 67.2 Å². The molecule has 0 aromatic heterocycles. The summed E-state index contributed by atoms with van der Waals surface area (Å²) >= 11 is 0. The Hall–Kier alpha value is -1.31. The van der Waals surface area contributed by atoms with E-state index >= 15 is 0 Å². The molecule has 2 nitrogen and oxygen atoms in total. The maximum absolute atomic E-state index is 12.5. The highest BCUT2D eigenvalue weighted by Gasteiger charge is 2.30. The SMILES string of the molecule is CC(C)(C)CC(C)(C)c1ccc(O)c(C(=O)C(C)(C)C)c1. The quantitative estimate of drug-likeness (QED) is 0.763. The van der Waals surface area contributed by atoms with Crippen molar-refractivity contribution in [3.8, 4) is 5.75 Å². The van der Waals surface area contributed by atoms with Crippen LogP contribution >= 0.6 is 0 Å². The Bertz CT molecular complexity index is 525. The Morgan fingerprint density at radius 2 is 1.52 bits per heavy atom. The fourth-order valence-corrected chi connectivity index (χ4v) is 2.97. The molecule has 0 atom stereocenters. The summed E-state index contributed by atoms with van der Waals surface area (Å²) in [6.45, 7) is 16.7. The average Bonchev–Trinajstić information content (AvgIpc) is 2.23. The Labute approximate surface area is 129 Å². The summed E-state index contributed by atoms with van der Waals surface area (Å²) in [7, 11) is 0. The molecule has 1 aromatic carbocycles. The van der Waals surface area contributed by atoms with Gasteiger partial charge in [0.15, 0.2) is 5.78 Å². The first-order chi connectivity index (χ1) is 9.24. The van der Waals surface area contributed by atoms with Gasteiger partial charge in [-0.3, -0.25) is 4.79 Å². The van der Waals surface area contributed by atoms with Crippen LogP contribution in [0.2, 0.25) is 0 Å². The molecule has 0 spiro atoms. The second kappa shape index (κ2) is 5.47. The van der Waals surface area contributed by atoms with Crippen molar-refractivity contribution in [1.29, 1.82) is 0 Å². The summed E-state index contributed by atoms with van der Waals surface area (Å²) in [5.74, 6) is 0.0543. The molecule has 1 aromatic rings. The largest absolute Gasteiger partial charge is 0.507 e. The van der Waals surface area contributed by atoms with Crippen molar-refractivity contribution in [2.75, 3.05) is 0 Å². The van der Waals surface area contributed by atoms with Crippen LogP contribution in [-0.2, 0) is 5.41 Å². The number of Topliss-reactive ketones (excluding diaryl/α,β-unsaturated/α-hetero) is 1. The number of hydrogen-bond donors (Lipinski definition) is 1. The predicted octanol–water partition coefficient (Wildman–Crippen LogP) is 5.33. The van der Waals surface area contributed by atoms with E-state index in [2.05, 4.69) is 34.6 Å². The topological polar surface area (TPSA) is 37.3 Å². The Balaban J connectivity index is 3.27. The molecule has 0 saturated heterocycles. The number of phenols is 1. The summed E-state index contributed by atoms with van der Waals surface area (Å²) in [5.41, 5.74) is 1.20. The molecule has 0 unspecified atom stereocenters. The molecule has 0 bridgehead atoms. The van der Waals surface area contributed by atoms with Crippen LogP contribution < -0.4 is 0 Å². The molecule has 2 heteroatoms. The van der Waals surface area contributed by atoms with Crippen molar-refractivity contribution in [1.82, 2.24) is 0 Å². The summed E-state index contributed by atoms with van der Waals surface area (Å²) in [5, 5.41) is 10.0. The molecule has 0 fully saturated rings. The van der Waals surface area contributed by atoms with Crippen LogP contribution in [0.3, 0.4) is 0 Å². The zero-order chi connectivity index (χ0) is 16.6. The third kappa shape index (κ3) is 4.59. The molecular formula is C19H30O2. The molecule has 1 rings (SSSR count). The molecule has 118 valence electrons. The fraction of sp³-hybridized carbons (Fsp3) is 0.632. The smallest absolute Gasteiger partial charge is 0.171 e. The summed E-state index contributed by atoms with van der Waals surface area (Å²) in [6, 6.07) is 5.45. The highest BCUT2D eigenvalue weighted by Crippen LogP contribution is 2.38. The van der Waals surface area contributed by atoms with Gasteiger partial charge in [0.25, 0.3) is 0 Å². The highest BCUT2D eigenvalue weighted by molar-refractivity contribution is 6.02. The Morgan fingerprint density at radius 3 is 1.95 bits per heavy atom. The normalized spacial score (nSPS) is 13.3. The van der Waals surface area contributed by atoms with Gasteiger partial charge >= 0.3 is 0 Å². The maximum Gasteiger partial charge on any atom is 0.171 e. The van der Waals surface area contributed by atoms with E-state index in [9.17, 15) is 9.90 Å². The summed E-state index contributed by atoms with van der Waals surface area (Å²) in [6.07, 6.45) is 1.01. The van der Waals surface area contributed by atoms with E-state index in [0.29, 0.717) is 5.56 Å². The number of carbonyl (C=O) groups is 1. The number of hydrogen-bond acceptors (Lipinski definition) is 2. The lowest BCUT2D eigenvalue weighted by atomic mass is 9.71. The van der Waals surface area contributed by atoms with Gasteiger partial charge in [-0.25, -0.2) is 0 Å². The van der Waals surface area contributed by atoms with Gasteiger partial charge in [0.1, 0.15) is 5.75 Å². The van der Waals surface area contributed by atoms with Crippen molar-refractivity contribution >= 4 is 5.78 Å². The minimum absolute atomic E-state index is 0.0200. The van der Waals surface area contributed by atoms with Crippen LogP contribution in [0, 0.1) is 10.8 Å². The third-order valence-corrected chi connectivity index (χ3v) is 3.68. The van der Waals surface area contributed by atoms with Crippen molar-refractivity contribution in [3.63, 3.8) is 0 Å². The van der Waals surface area contributed by atoms with Crippen LogP contribution in [-0.4, -0.2) is 10.9 Å². The van der Waals surface area contributed by atoms with Crippen LogP contribution in [0.5, 0.6) is 5.75 Å². The van der Waals surface area contributed by atoms with Crippen molar-refractivity contribution in [3.05, 3.63) is 29.3 Å². The molecule has 0 saturated carbocycles. The molecule has 0 aliphatic heterocycles. The average molecular weight is 290 g/mol. The van der Waals surface area contributed by atoms with Gasteiger partial charge in [0.2, 0.25) is 0 Å². The first-order valence-corrected chi connectivity index (χ1v) is 7.62. The van der Waals surface area contributed by atoms with E-state index in [0.717, 1.165) is 12.0 Å². The summed E-state index contributed by atoms with van der Waals surface area (Å²) in [4.78, 5) is 12.5. The number of aromatic hydroxyl groups is 1. The van der Waals surface area contributed by atoms with Gasteiger partial charge in [-0.2, -0.15) is 0 Å².